The zero-order valence-corrected chi connectivity index (χ0v) is 10.1. The first kappa shape index (κ1) is 12.2. The van der Waals surface area contributed by atoms with Crippen LogP contribution < -0.4 is 4.74 Å². The fourth-order valence-corrected chi connectivity index (χ4v) is 1.64. The molecule has 0 unspecified atom stereocenters. The Morgan fingerprint density at radius 3 is 2.39 bits per heavy atom. The molecular formula is C16H14O2. The largest absolute Gasteiger partial charge is 0.496 e. The average molecular weight is 238 g/mol. The molecular weight excluding hydrogens is 224 g/mol. The third-order valence-corrected chi connectivity index (χ3v) is 2.56. The molecule has 90 valence electrons. The molecule has 0 amide bonds. The highest BCUT2D eigenvalue weighted by atomic mass is 16.5. The summed E-state index contributed by atoms with van der Waals surface area (Å²) in [5.41, 5.74) is 1.56. The van der Waals surface area contributed by atoms with Gasteiger partial charge in [0, 0.05) is 11.1 Å². The molecule has 0 aliphatic carbocycles. The monoisotopic (exact) mass is 238 g/mol. The SMILES string of the molecule is COc1ccccc1[C@@H](O)C#Cc1ccccc1. The van der Waals surface area contributed by atoms with Crippen LogP contribution in [0.5, 0.6) is 5.75 Å². The van der Waals surface area contributed by atoms with Gasteiger partial charge in [0.1, 0.15) is 11.9 Å². The summed E-state index contributed by atoms with van der Waals surface area (Å²) in [7, 11) is 1.58. The van der Waals surface area contributed by atoms with E-state index in [2.05, 4.69) is 11.8 Å². The van der Waals surface area contributed by atoms with Crippen LogP contribution in [0.1, 0.15) is 17.2 Å². The highest BCUT2D eigenvalue weighted by molar-refractivity contribution is 5.41. The number of para-hydroxylation sites is 1. The second-order valence-electron chi connectivity index (χ2n) is 3.78. The maximum Gasteiger partial charge on any atom is 0.144 e. The fraction of sp³-hybridized carbons (Fsp3) is 0.125. The lowest BCUT2D eigenvalue weighted by Crippen LogP contribution is -1.97. The Balaban J connectivity index is 2.23. The molecule has 2 nitrogen and oxygen atoms in total. The zero-order valence-electron chi connectivity index (χ0n) is 10.1. The molecule has 18 heavy (non-hydrogen) atoms. The lowest BCUT2D eigenvalue weighted by molar-refractivity contribution is 0.232. The van der Waals surface area contributed by atoms with Gasteiger partial charge in [0.2, 0.25) is 0 Å². The number of rotatable bonds is 2. The summed E-state index contributed by atoms with van der Waals surface area (Å²) in [6.45, 7) is 0. The van der Waals surface area contributed by atoms with Crippen LogP contribution in [0.4, 0.5) is 0 Å². The number of methoxy groups -OCH3 is 1. The van der Waals surface area contributed by atoms with Gasteiger partial charge in [0.05, 0.1) is 7.11 Å². The summed E-state index contributed by atoms with van der Waals surface area (Å²) in [6.07, 6.45) is -0.846. The van der Waals surface area contributed by atoms with Crippen molar-refractivity contribution in [1.82, 2.24) is 0 Å². The Bertz CT molecular complexity index is 564. The molecule has 0 fully saturated rings. The van der Waals surface area contributed by atoms with Gasteiger partial charge in [-0.05, 0) is 18.2 Å². The van der Waals surface area contributed by atoms with Crippen molar-refractivity contribution in [3.8, 4) is 17.6 Å². The van der Waals surface area contributed by atoms with Crippen molar-refractivity contribution in [2.75, 3.05) is 7.11 Å². The van der Waals surface area contributed by atoms with E-state index < -0.39 is 6.10 Å². The quantitative estimate of drug-likeness (QED) is 0.815. The minimum Gasteiger partial charge on any atom is -0.496 e. The van der Waals surface area contributed by atoms with Crippen molar-refractivity contribution in [3.05, 3.63) is 65.7 Å². The molecule has 0 radical (unpaired) electrons. The summed E-state index contributed by atoms with van der Waals surface area (Å²) >= 11 is 0. The lowest BCUT2D eigenvalue weighted by Gasteiger charge is -2.09. The van der Waals surface area contributed by atoms with E-state index in [0.29, 0.717) is 11.3 Å². The summed E-state index contributed by atoms with van der Waals surface area (Å²) < 4.78 is 5.19. The minimum absolute atomic E-state index is 0.646. The van der Waals surface area contributed by atoms with Crippen LogP contribution in [-0.2, 0) is 0 Å². The number of ether oxygens (including phenoxy) is 1. The van der Waals surface area contributed by atoms with Crippen molar-refractivity contribution in [2.45, 2.75) is 6.10 Å². The van der Waals surface area contributed by atoms with Gasteiger partial charge in [-0.2, -0.15) is 0 Å². The normalized spacial score (nSPS) is 11.2. The van der Waals surface area contributed by atoms with Crippen LogP contribution in [0, 0.1) is 11.8 Å². The van der Waals surface area contributed by atoms with Crippen molar-refractivity contribution in [3.63, 3.8) is 0 Å². The number of hydrogen-bond acceptors (Lipinski definition) is 2. The first-order valence-corrected chi connectivity index (χ1v) is 5.69. The summed E-state index contributed by atoms with van der Waals surface area (Å²) in [6, 6.07) is 16.9. The Morgan fingerprint density at radius 1 is 1.00 bits per heavy atom. The van der Waals surface area contributed by atoms with Crippen molar-refractivity contribution >= 4 is 0 Å². The average Bonchev–Trinajstić information content (AvgIpc) is 2.45. The maximum absolute atomic E-state index is 10.0. The molecule has 0 aliphatic rings. The number of aliphatic hydroxyl groups is 1. The van der Waals surface area contributed by atoms with Crippen LogP contribution in [-0.4, -0.2) is 12.2 Å². The third kappa shape index (κ3) is 2.91. The van der Waals surface area contributed by atoms with Crippen molar-refractivity contribution in [2.24, 2.45) is 0 Å². The number of aliphatic hydroxyl groups excluding tert-OH is 1. The van der Waals surface area contributed by atoms with Gasteiger partial charge in [-0.25, -0.2) is 0 Å². The molecule has 0 bridgehead atoms. The molecule has 0 heterocycles. The van der Waals surface area contributed by atoms with Crippen LogP contribution >= 0.6 is 0 Å². The molecule has 1 N–H and O–H groups in total. The van der Waals surface area contributed by atoms with E-state index in [1.807, 2.05) is 54.6 Å². The van der Waals surface area contributed by atoms with Gasteiger partial charge < -0.3 is 9.84 Å². The molecule has 2 rings (SSSR count). The van der Waals surface area contributed by atoms with Crippen LogP contribution in [0.25, 0.3) is 0 Å². The molecule has 0 saturated carbocycles. The van der Waals surface area contributed by atoms with Gasteiger partial charge in [-0.1, -0.05) is 48.2 Å². The Hall–Kier alpha value is -2.24. The first-order chi connectivity index (χ1) is 8.81. The van der Waals surface area contributed by atoms with Crippen molar-refractivity contribution < 1.29 is 9.84 Å². The van der Waals surface area contributed by atoms with E-state index >= 15 is 0 Å². The van der Waals surface area contributed by atoms with Gasteiger partial charge in [0.15, 0.2) is 0 Å². The number of benzene rings is 2. The van der Waals surface area contributed by atoms with Crippen LogP contribution in [0.15, 0.2) is 54.6 Å². The first-order valence-electron chi connectivity index (χ1n) is 5.69. The predicted octanol–water partition coefficient (Wildman–Crippen LogP) is 2.78. The van der Waals surface area contributed by atoms with E-state index in [1.54, 1.807) is 7.11 Å². The van der Waals surface area contributed by atoms with E-state index in [9.17, 15) is 5.11 Å². The standard InChI is InChI=1S/C16H14O2/c1-18-16-10-6-5-9-14(16)15(17)12-11-13-7-3-2-4-8-13/h2-10,15,17H,1H3/t15-/m0/s1. The van der Waals surface area contributed by atoms with E-state index in [1.165, 1.54) is 0 Å². The van der Waals surface area contributed by atoms with E-state index in [0.717, 1.165) is 5.56 Å². The van der Waals surface area contributed by atoms with Gasteiger partial charge in [0.25, 0.3) is 0 Å². The molecule has 0 aromatic heterocycles. The fourth-order valence-electron chi connectivity index (χ4n) is 1.64. The summed E-state index contributed by atoms with van der Waals surface area (Å²) in [5.74, 6) is 6.40. The predicted molar refractivity (Wildman–Crippen MR) is 71.3 cm³/mol. The van der Waals surface area contributed by atoms with E-state index in [4.69, 9.17) is 4.74 Å². The van der Waals surface area contributed by atoms with Crippen LogP contribution in [0.2, 0.25) is 0 Å². The minimum atomic E-state index is -0.846. The Morgan fingerprint density at radius 2 is 1.67 bits per heavy atom. The molecule has 2 heteroatoms. The third-order valence-electron chi connectivity index (χ3n) is 2.56. The second kappa shape index (κ2) is 5.90. The molecule has 2 aromatic rings. The van der Waals surface area contributed by atoms with Crippen molar-refractivity contribution in [1.29, 1.82) is 0 Å². The van der Waals surface area contributed by atoms with Gasteiger partial charge >= 0.3 is 0 Å². The summed E-state index contributed by atoms with van der Waals surface area (Å²) in [5, 5.41) is 10.0. The lowest BCUT2D eigenvalue weighted by atomic mass is 10.1. The van der Waals surface area contributed by atoms with Crippen LogP contribution in [0.3, 0.4) is 0 Å². The molecule has 2 aromatic carbocycles. The second-order valence-corrected chi connectivity index (χ2v) is 3.78. The smallest absolute Gasteiger partial charge is 0.144 e. The zero-order chi connectivity index (χ0) is 12.8. The Kier molecular flexibility index (Phi) is 4.01. The van der Waals surface area contributed by atoms with E-state index in [-0.39, 0.29) is 0 Å². The highest BCUT2D eigenvalue weighted by Crippen LogP contribution is 2.23. The van der Waals surface area contributed by atoms with Gasteiger partial charge in [-0.3, -0.25) is 0 Å². The molecule has 0 spiro atoms. The van der Waals surface area contributed by atoms with Gasteiger partial charge in [-0.15, -0.1) is 0 Å². The summed E-state index contributed by atoms with van der Waals surface area (Å²) in [4.78, 5) is 0. The molecule has 0 aliphatic heterocycles. The Labute approximate surface area is 107 Å². The molecule has 1 atom stereocenters. The maximum atomic E-state index is 10.0. The number of hydrogen-bond donors (Lipinski definition) is 1. The topological polar surface area (TPSA) is 29.5 Å². The molecule has 0 saturated heterocycles. The highest BCUT2D eigenvalue weighted by Gasteiger charge is 2.09.